The summed E-state index contributed by atoms with van der Waals surface area (Å²) in [6, 6.07) is 11.4. The molecule has 1 atom stereocenters. The van der Waals surface area contributed by atoms with Gasteiger partial charge in [0, 0.05) is 12.6 Å². The van der Waals surface area contributed by atoms with E-state index in [2.05, 4.69) is 35.2 Å². The van der Waals surface area contributed by atoms with E-state index in [0.717, 1.165) is 19.4 Å². The van der Waals surface area contributed by atoms with Crippen molar-refractivity contribution in [3.05, 3.63) is 35.9 Å². The van der Waals surface area contributed by atoms with Crippen LogP contribution in [0.15, 0.2) is 30.3 Å². The summed E-state index contributed by atoms with van der Waals surface area (Å²) in [5.41, 5.74) is 1.45. The molecule has 0 spiro atoms. The summed E-state index contributed by atoms with van der Waals surface area (Å²) >= 11 is 0. The molecular weight excluding hydrogens is 198 g/mol. The van der Waals surface area contributed by atoms with Crippen LogP contribution in [0.3, 0.4) is 0 Å². The Morgan fingerprint density at radius 2 is 2.00 bits per heavy atom. The number of unbranched alkanes of at least 4 members (excludes halogenated alkanes) is 1. The summed E-state index contributed by atoms with van der Waals surface area (Å²) in [4.78, 5) is 2.56. The summed E-state index contributed by atoms with van der Waals surface area (Å²) < 4.78 is 0. The van der Waals surface area contributed by atoms with Gasteiger partial charge < -0.3 is 5.11 Å². The van der Waals surface area contributed by atoms with Crippen LogP contribution in [-0.4, -0.2) is 29.7 Å². The lowest BCUT2D eigenvalue weighted by molar-refractivity contribution is 0.231. The molecule has 2 rings (SSSR count). The lowest BCUT2D eigenvalue weighted by Gasteiger charge is -2.24. The molecule has 1 aromatic rings. The Morgan fingerprint density at radius 3 is 2.75 bits per heavy atom. The molecule has 0 aliphatic carbocycles. The highest BCUT2D eigenvalue weighted by Gasteiger charge is 2.24. The van der Waals surface area contributed by atoms with Crippen molar-refractivity contribution in [2.75, 3.05) is 19.7 Å². The SMILES string of the molecule is OCCCCN1CCCC1c1ccccc1. The Morgan fingerprint density at radius 1 is 1.19 bits per heavy atom. The molecule has 16 heavy (non-hydrogen) atoms. The third-order valence-electron chi connectivity index (χ3n) is 3.40. The first-order valence-electron chi connectivity index (χ1n) is 6.31. The van der Waals surface area contributed by atoms with E-state index in [9.17, 15) is 0 Å². The zero-order valence-electron chi connectivity index (χ0n) is 9.81. The smallest absolute Gasteiger partial charge is 0.0431 e. The maximum Gasteiger partial charge on any atom is 0.0431 e. The Balaban J connectivity index is 1.93. The molecule has 1 fully saturated rings. The molecule has 0 saturated carbocycles. The Labute approximate surface area is 97.9 Å². The highest BCUT2D eigenvalue weighted by atomic mass is 16.2. The van der Waals surface area contributed by atoms with E-state index in [0.29, 0.717) is 12.6 Å². The van der Waals surface area contributed by atoms with E-state index in [-0.39, 0.29) is 0 Å². The zero-order chi connectivity index (χ0) is 11.2. The lowest BCUT2D eigenvalue weighted by Crippen LogP contribution is -2.24. The van der Waals surface area contributed by atoms with Crippen LogP contribution < -0.4 is 0 Å². The molecule has 2 nitrogen and oxygen atoms in total. The fourth-order valence-corrected chi connectivity index (χ4v) is 2.57. The van der Waals surface area contributed by atoms with Gasteiger partial charge in [-0.3, -0.25) is 4.90 Å². The maximum absolute atomic E-state index is 8.80. The molecule has 1 aliphatic heterocycles. The van der Waals surface area contributed by atoms with Crippen molar-refractivity contribution in [3.8, 4) is 0 Å². The number of benzene rings is 1. The van der Waals surface area contributed by atoms with E-state index in [4.69, 9.17) is 5.11 Å². The molecule has 0 radical (unpaired) electrons. The molecule has 1 saturated heterocycles. The maximum atomic E-state index is 8.80. The predicted molar refractivity (Wildman–Crippen MR) is 66.3 cm³/mol. The first-order valence-corrected chi connectivity index (χ1v) is 6.31. The number of rotatable bonds is 5. The standard InChI is InChI=1S/C14H21NO/c16-12-5-4-10-15-11-6-9-14(15)13-7-2-1-3-8-13/h1-3,7-8,14,16H,4-6,9-12H2. The molecule has 88 valence electrons. The Kier molecular flexibility index (Phi) is 4.37. The van der Waals surface area contributed by atoms with E-state index < -0.39 is 0 Å². The van der Waals surface area contributed by atoms with Crippen molar-refractivity contribution in [2.45, 2.75) is 31.7 Å². The second-order valence-electron chi connectivity index (χ2n) is 4.54. The minimum atomic E-state index is 0.323. The quantitative estimate of drug-likeness (QED) is 0.769. The van der Waals surface area contributed by atoms with Gasteiger partial charge in [-0.15, -0.1) is 0 Å². The molecule has 0 amide bonds. The van der Waals surface area contributed by atoms with Gasteiger partial charge in [-0.25, -0.2) is 0 Å². The van der Waals surface area contributed by atoms with Crippen molar-refractivity contribution in [1.29, 1.82) is 0 Å². The van der Waals surface area contributed by atoms with E-state index in [1.807, 2.05) is 0 Å². The van der Waals surface area contributed by atoms with Crippen LogP contribution in [0.4, 0.5) is 0 Å². The largest absolute Gasteiger partial charge is 0.396 e. The molecule has 2 heteroatoms. The van der Waals surface area contributed by atoms with Gasteiger partial charge in [0.15, 0.2) is 0 Å². The predicted octanol–water partition coefficient (Wildman–Crippen LogP) is 2.60. The van der Waals surface area contributed by atoms with Crippen molar-refractivity contribution in [1.82, 2.24) is 4.90 Å². The van der Waals surface area contributed by atoms with Crippen molar-refractivity contribution in [2.24, 2.45) is 0 Å². The lowest BCUT2D eigenvalue weighted by atomic mass is 10.0. The third-order valence-corrected chi connectivity index (χ3v) is 3.40. The van der Waals surface area contributed by atoms with Crippen LogP contribution in [0.25, 0.3) is 0 Å². The number of likely N-dealkylation sites (tertiary alicyclic amines) is 1. The number of aliphatic hydroxyl groups is 1. The van der Waals surface area contributed by atoms with Crippen molar-refractivity contribution >= 4 is 0 Å². The van der Waals surface area contributed by atoms with Gasteiger partial charge in [-0.05, 0) is 44.3 Å². The van der Waals surface area contributed by atoms with E-state index in [1.54, 1.807) is 0 Å². The molecule has 1 unspecified atom stereocenters. The second-order valence-corrected chi connectivity index (χ2v) is 4.54. The number of hydrogen-bond donors (Lipinski definition) is 1. The Hall–Kier alpha value is -0.860. The summed E-state index contributed by atoms with van der Waals surface area (Å²) in [6.45, 7) is 2.66. The highest BCUT2D eigenvalue weighted by molar-refractivity contribution is 5.19. The minimum absolute atomic E-state index is 0.323. The number of hydrogen-bond acceptors (Lipinski definition) is 2. The van der Waals surface area contributed by atoms with Gasteiger partial charge >= 0.3 is 0 Å². The third kappa shape index (κ3) is 2.83. The van der Waals surface area contributed by atoms with Crippen LogP contribution in [0.5, 0.6) is 0 Å². The van der Waals surface area contributed by atoms with Crippen LogP contribution in [0.2, 0.25) is 0 Å². The van der Waals surface area contributed by atoms with Gasteiger partial charge in [0.1, 0.15) is 0 Å². The summed E-state index contributed by atoms with van der Waals surface area (Å²) in [6.07, 6.45) is 4.62. The second kappa shape index (κ2) is 6.02. The van der Waals surface area contributed by atoms with Crippen LogP contribution in [-0.2, 0) is 0 Å². The molecule has 1 heterocycles. The number of aliphatic hydroxyl groups excluding tert-OH is 1. The van der Waals surface area contributed by atoms with Crippen LogP contribution >= 0.6 is 0 Å². The average molecular weight is 219 g/mol. The minimum Gasteiger partial charge on any atom is -0.396 e. The topological polar surface area (TPSA) is 23.5 Å². The fourth-order valence-electron chi connectivity index (χ4n) is 2.57. The summed E-state index contributed by atoms with van der Waals surface area (Å²) in [5.74, 6) is 0. The molecule has 1 aromatic carbocycles. The van der Waals surface area contributed by atoms with E-state index >= 15 is 0 Å². The summed E-state index contributed by atoms with van der Waals surface area (Å²) in [5, 5.41) is 8.80. The zero-order valence-corrected chi connectivity index (χ0v) is 9.81. The van der Waals surface area contributed by atoms with Crippen LogP contribution in [0, 0.1) is 0 Å². The first-order chi connectivity index (χ1) is 7.92. The van der Waals surface area contributed by atoms with E-state index in [1.165, 1.54) is 24.9 Å². The van der Waals surface area contributed by atoms with Gasteiger partial charge in [0.25, 0.3) is 0 Å². The normalized spacial score (nSPS) is 21.4. The highest BCUT2D eigenvalue weighted by Crippen LogP contribution is 2.31. The summed E-state index contributed by atoms with van der Waals surface area (Å²) in [7, 11) is 0. The van der Waals surface area contributed by atoms with Gasteiger partial charge in [-0.1, -0.05) is 30.3 Å². The monoisotopic (exact) mass is 219 g/mol. The average Bonchev–Trinajstić information content (AvgIpc) is 2.79. The number of nitrogens with zero attached hydrogens (tertiary/aromatic N) is 1. The molecule has 1 N–H and O–H groups in total. The fraction of sp³-hybridized carbons (Fsp3) is 0.571. The van der Waals surface area contributed by atoms with Crippen LogP contribution in [0.1, 0.15) is 37.3 Å². The molecular formula is C14H21NO. The molecule has 1 aliphatic rings. The first kappa shape index (κ1) is 11.6. The van der Waals surface area contributed by atoms with Crippen molar-refractivity contribution in [3.63, 3.8) is 0 Å². The molecule has 0 bridgehead atoms. The van der Waals surface area contributed by atoms with Gasteiger partial charge in [-0.2, -0.15) is 0 Å². The van der Waals surface area contributed by atoms with Crippen molar-refractivity contribution < 1.29 is 5.11 Å². The Bertz CT molecular complexity index is 299. The molecule has 0 aromatic heterocycles. The van der Waals surface area contributed by atoms with Gasteiger partial charge in [0.2, 0.25) is 0 Å². The van der Waals surface area contributed by atoms with Gasteiger partial charge in [0.05, 0.1) is 0 Å².